The highest BCUT2D eigenvalue weighted by molar-refractivity contribution is 5.65. The number of carboxylic acid groups (broad SMARTS) is 1. The van der Waals surface area contributed by atoms with Crippen molar-refractivity contribution in [3.63, 3.8) is 0 Å². The second-order valence-electron chi connectivity index (χ2n) is 9.49. The predicted molar refractivity (Wildman–Crippen MR) is 130 cm³/mol. The summed E-state index contributed by atoms with van der Waals surface area (Å²) >= 11 is 0. The van der Waals surface area contributed by atoms with Gasteiger partial charge in [0.15, 0.2) is 0 Å². The molecule has 2 aliphatic heterocycles. The van der Waals surface area contributed by atoms with Crippen molar-refractivity contribution in [2.24, 2.45) is 0 Å². The number of nitriles is 1. The lowest BCUT2D eigenvalue weighted by atomic mass is 9.90. The normalized spacial score (nSPS) is 22.5. The topological polar surface area (TPSA) is 106 Å². The van der Waals surface area contributed by atoms with Gasteiger partial charge in [0.25, 0.3) is 0 Å². The Morgan fingerprint density at radius 2 is 1.97 bits per heavy atom. The van der Waals surface area contributed by atoms with E-state index in [0.29, 0.717) is 31.0 Å². The highest BCUT2D eigenvalue weighted by Crippen LogP contribution is 2.42. The summed E-state index contributed by atoms with van der Waals surface area (Å²) in [7, 11) is 1.69. The van der Waals surface area contributed by atoms with Gasteiger partial charge in [-0.15, -0.1) is 0 Å². The Morgan fingerprint density at radius 3 is 2.63 bits per heavy atom. The number of phenolic OH excluding ortho intramolecular Hbond substituents is 1. The highest BCUT2D eigenvalue weighted by Gasteiger charge is 2.51. The molecule has 2 N–H and O–H groups in total. The van der Waals surface area contributed by atoms with Crippen LogP contribution in [0, 0.1) is 11.3 Å². The maximum atomic E-state index is 11.7. The van der Waals surface area contributed by atoms with E-state index in [9.17, 15) is 15.0 Å². The molecule has 2 aromatic rings. The lowest BCUT2D eigenvalue weighted by Gasteiger charge is -2.48. The summed E-state index contributed by atoms with van der Waals surface area (Å²) in [6.07, 6.45) is 3.37. The van der Waals surface area contributed by atoms with Gasteiger partial charge in [-0.2, -0.15) is 5.26 Å². The molecule has 0 spiro atoms. The quantitative estimate of drug-likeness (QED) is 0.520. The standard InChI is InChI=1S/C27H33N3O5/c1-34-16-14-27-13-12-22(18-29(19-27)26(32)33)30(27)15-2-3-25(21-6-4-20(17-28)5-7-21)35-24-10-8-23(31)9-11-24/h4-11,22,25,31H,2-3,12-16,18-19H2,1H3,(H,32,33). The smallest absolute Gasteiger partial charge is 0.407 e. The summed E-state index contributed by atoms with van der Waals surface area (Å²) in [6, 6.07) is 16.5. The van der Waals surface area contributed by atoms with E-state index in [4.69, 9.17) is 14.7 Å². The van der Waals surface area contributed by atoms with Gasteiger partial charge in [0.2, 0.25) is 0 Å². The molecule has 3 unspecified atom stereocenters. The molecule has 35 heavy (non-hydrogen) atoms. The lowest BCUT2D eigenvalue weighted by Crippen LogP contribution is -2.62. The Balaban J connectivity index is 1.47. The molecule has 2 aromatic carbocycles. The van der Waals surface area contributed by atoms with E-state index in [-0.39, 0.29) is 23.4 Å². The van der Waals surface area contributed by atoms with Crippen molar-refractivity contribution in [2.75, 3.05) is 33.4 Å². The average Bonchev–Trinajstić information content (AvgIpc) is 3.06. The van der Waals surface area contributed by atoms with Gasteiger partial charge in [-0.25, -0.2) is 4.79 Å². The number of ether oxygens (including phenoxy) is 2. The van der Waals surface area contributed by atoms with Crippen LogP contribution in [0.5, 0.6) is 11.5 Å². The number of nitrogens with zero attached hydrogens (tertiary/aromatic N) is 3. The minimum atomic E-state index is -0.846. The SMILES string of the molecule is COCCC12CCC(CN(C(=O)O)C1)N2CCCC(Oc1ccc(O)cc1)c1ccc(C#N)cc1. The second-order valence-corrected chi connectivity index (χ2v) is 9.49. The van der Waals surface area contributed by atoms with Crippen LogP contribution < -0.4 is 4.74 Å². The van der Waals surface area contributed by atoms with Crippen molar-refractivity contribution in [3.05, 3.63) is 59.7 Å². The lowest BCUT2D eigenvalue weighted by molar-refractivity contribution is -0.0133. The molecule has 2 fully saturated rings. The Morgan fingerprint density at radius 1 is 1.23 bits per heavy atom. The van der Waals surface area contributed by atoms with E-state index in [0.717, 1.165) is 44.2 Å². The molecular formula is C27H33N3O5. The fraction of sp³-hybridized carbons (Fsp3) is 0.481. The molecule has 0 aromatic heterocycles. The Kier molecular flexibility index (Phi) is 7.79. The summed E-state index contributed by atoms with van der Waals surface area (Å²) in [5, 5.41) is 28.4. The van der Waals surface area contributed by atoms with E-state index in [1.165, 1.54) is 0 Å². The van der Waals surface area contributed by atoms with Crippen LogP contribution in [0.2, 0.25) is 0 Å². The van der Waals surface area contributed by atoms with E-state index in [2.05, 4.69) is 11.0 Å². The molecule has 0 aliphatic carbocycles. The van der Waals surface area contributed by atoms with Crippen molar-refractivity contribution >= 4 is 6.09 Å². The van der Waals surface area contributed by atoms with Crippen molar-refractivity contribution in [1.29, 1.82) is 5.26 Å². The van der Waals surface area contributed by atoms with Crippen molar-refractivity contribution in [3.8, 4) is 17.6 Å². The molecule has 8 heteroatoms. The molecule has 186 valence electrons. The first-order chi connectivity index (χ1) is 16.9. The van der Waals surface area contributed by atoms with Gasteiger partial charge in [-0.1, -0.05) is 12.1 Å². The van der Waals surface area contributed by atoms with Gasteiger partial charge in [0.05, 0.1) is 11.6 Å². The molecule has 0 saturated carbocycles. The largest absolute Gasteiger partial charge is 0.508 e. The molecule has 2 saturated heterocycles. The number of benzene rings is 2. The minimum Gasteiger partial charge on any atom is -0.508 e. The number of aromatic hydroxyl groups is 1. The van der Waals surface area contributed by atoms with E-state index in [1.54, 1.807) is 48.4 Å². The highest BCUT2D eigenvalue weighted by atomic mass is 16.5. The summed E-state index contributed by atoms with van der Waals surface area (Å²) in [4.78, 5) is 15.8. The van der Waals surface area contributed by atoms with Gasteiger partial charge in [-0.05, 0) is 80.6 Å². The average molecular weight is 480 g/mol. The third kappa shape index (κ3) is 5.69. The van der Waals surface area contributed by atoms with Gasteiger partial charge >= 0.3 is 6.09 Å². The molecule has 1 amide bonds. The number of likely N-dealkylation sites (tertiary alicyclic amines) is 1. The van der Waals surface area contributed by atoms with Crippen LogP contribution in [0.25, 0.3) is 0 Å². The Bertz CT molecular complexity index is 1040. The molecule has 8 nitrogen and oxygen atoms in total. The third-order valence-corrected chi connectivity index (χ3v) is 7.34. The van der Waals surface area contributed by atoms with Crippen LogP contribution in [-0.2, 0) is 4.74 Å². The monoisotopic (exact) mass is 479 g/mol. The zero-order valence-electron chi connectivity index (χ0n) is 20.1. The third-order valence-electron chi connectivity index (χ3n) is 7.34. The Labute approximate surface area is 206 Å². The molecule has 2 aliphatic rings. The first kappa shape index (κ1) is 24.8. The molecular weight excluding hydrogens is 446 g/mol. The summed E-state index contributed by atoms with van der Waals surface area (Å²) in [6.45, 7) is 2.53. The number of fused-ring (bicyclic) bond motifs is 2. The van der Waals surface area contributed by atoms with Crippen molar-refractivity contribution in [2.45, 2.75) is 49.8 Å². The molecule has 4 rings (SSSR count). The summed E-state index contributed by atoms with van der Waals surface area (Å²) in [5.41, 5.74) is 1.41. The van der Waals surface area contributed by atoms with Gasteiger partial charge in [0, 0.05) is 38.4 Å². The number of amides is 1. The van der Waals surface area contributed by atoms with E-state index >= 15 is 0 Å². The summed E-state index contributed by atoms with van der Waals surface area (Å²) in [5.74, 6) is 0.855. The van der Waals surface area contributed by atoms with Gasteiger partial charge in [-0.3, -0.25) is 4.90 Å². The maximum Gasteiger partial charge on any atom is 0.407 e. The fourth-order valence-electron chi connectivity index (χ4n) is 5.56. The molecule has 3 atom stereocenters. The van der Waals surface area contributed by atoms with Crippen molar-refractivity contribution in [1.82, 2.24) is 9.80 Å². The number of hydrogen-bond acceptors (Lipinski definition) is 6. The number of piperazine rings is 1. The van der Waals surface area contributed by atoms with Gasteiger partial charge in [0.1, 0.15) is 17.6 Å². The van der Waals surface area contributed by atoms with Crippen LogP contribution in [0.1, 0.15) is 49.3 Å². The molecule has 2 bridgehead atoms. The maximum absolute atomic E-state index is 11.7. The number of hydrogen-bond donors (Lipinski definition) is 2. The summed E-state index contributed by atoms with van der Waals surface area (Å²) < 4.78 is 11.7. The number of rotatable bonds is 10. The zero-order valence-corrected chi connectivity index (χ0v) is 20.1. The van der Waals surface area contributed by atoms with E-state index < -0.39 is 6.09 Å². The number of methoxy groups -OCH3 is 1. The fourth-order valence-corrected chi connectivity index (χ4v) is 5.56. The van der Waals surface area contributed by atoms with Gasteiger partial charge < -0.3 is 24.6 Å². The van der Waals surface area contributed by atoms with Crippen LogP contribution >= 0.6 is 0 Å². The van der Waals surface area contributed by atoms with Crippen LogP contribution in [0.4, 0.5) is 4.79 Å². The number of carbonyl (C=O) groups is 1. The molecule has 2 heterocycles. The zero-order chi connectivity index (χ0) is 24.8. The van der Waals surface area contributed by atoms with Crippen LogP contribution in [-0.4, -0.2) is 71.0 Å². The van der Waals surface area contributed by atoms with Crippen molar-refractivity contribution < 1.29 is 24.5 Å². The molecule has 0 radical (unpaired) electrons. The number of phenols is 1. The van der Waals surface area contributed by atoms with Crippen LogP contribution in [0.15, 0.2) is 48.5 Å². The first-order valence-corrected chi connectivity index (χ1v) is 12.1. The Hall–Kier alpha value is -3.28. The first-order valence-electron chi connectivity index (χ1n) is 12.1. The minimum absolute atomic E-state index is 0.181. The predicted octanol–water partition coefficient (Wildman–Crippen LogP) is 4.40. The van der Waals surface area contributed by atoms with Crippen LogP contribution in [0.3, 0.4) is 0 Å². The van der Waals surface area contributed by atoms with E-state index in [1.807, 2.05) is 12.1 Å². The second kappa shape index (κ2) is 11.0.